The number of para-hydroxylation sites is 1. The van der Waals surface area contributed by atoms with Crippen LogP contribution in [0, 0.1) is 6.92 Å². The fourth-order valence-electron chi connectivity index (χ4n) is 3.38. The van der Waals surface area contributed by atoms with E-state index in [2.05, 4.69) is 10.4 Å². The molecule has 0 fully saturated rings. The number of nitrogens with zero attached hydrogens (tertiary/aromatic N) is 2. The van der Waals surface area contributed by atoms with Crippen molar-refractivity contribution in [2.45, 2.75) is 13.5 Å². The van der Waals surface area contributed by atoms with Gasteiger partial charge in [-0.05, 0) is 30.2 Å². The van der Waals surface area contributed by atoms with Gasteiger partial charge in [-0.1, -0.05) is 36.4 Å². The second kappa shape index (κ2) is 7.04. The van der Waals surface area contributed by atoms with Gasteiger partial charge >= 0.3 is 5.78 Å². The minimum absolute atomic E-state index is 0.00666. The molecule has 0 bridgehead atoms. The highest BCUT2D eigenvalue weighted by molar-refractivity contribution is 6.04. The first-order chi connectivity index (χ1) is 14.6. The van der Waals surface area contributed by atoms with Crippen LogP contribution in [0.5, 0.6) is 0 Å². The monoisotopic (exact) mass is 399 g/mol. The lowest BCUT2D eigenvalue weighted by Crippen LogP contribution is -2.10. The van der Waals surface area contributed by atoms with E-state index in [1.165, 1.54) is 11.6 Å². The van der Waals surface area contributed by atoms with Crippen LogP contribution in [0.1, 0.15) is 21.7 Å². The Bertz CT molecular complexity index is 1460. The van der Waals surface area contributed by atoms with E-state index in [0.717, 1.165) is 5.56 Å². The highest BCUT2D eigenvalue weighted by Crippen LogP contribution is 2.22. The Morgan fingerprint density at radius 2 is 1.87 bits per heavy atom. The average molecular weight is 399 g/mol. The lowest BCUT2D eigenvalue weighted by molar-refractivity contribution is 0.0997. The van der Waals surface area contributed by atoms with Gasteiger partial charge < -0.3 is 14.2 Å². The van der Waals surface area contributed by atoms with Crippen LogP contribution in [0.15, 0.2) is 80.6 Å². The summed E-state index contributed by atoms with van der Waals surface area (Å²) in [6, 6.07) is 16.3. The van der Waals surface area contributed by atoms with E-state index in [9.17, 15) is 9.59 Å². The van der Waals surface area contributed by atoms with Gasteiger partial charge in [-0.25, -0.2) is 0 Å². The van der Waals surface area contributed by atoms with Crippen molar-refractivity contribution in [2.75, 3.05) is 5.32 Å². The predicted octanol–water partition coefficient (Wildman–Crippen LogP) is 4.34. The van der Waals surface area contributed by atoms with Gasteiger partial charge in [0.1, 0.15) is 11.0 Å². The van der Waals surface area contributed by atoms with Crippen molar-refractivity contribution in [1.29, 1.82) is 0 Å². The molecule has 0 aliphatic heterocycles. The number of carbonyl (C=O) groups excluding carboxylic acids is 1. The number of hydrogen-bond donors (Lipinski definition) is 1. The molecule has 0 unspecified atom stereocenters. The molecule has 0 aliphatic rings. The zero-order chi connectivity index (χ0) is 20.7. The third kappa shape index (κ3) is 3.16. The van der Waals surface area contributed by atoms with Crippen molar-refractivity contribution in [3.8, 4) is 0 Å². The second-order valence-electron chi connectivity index (χ2n) is 7.05. The molecule has 5 rings (SSSR count). The molecule has 0 radical (unpaired) electrons. The van der Waals surface area contributed by atoms with Gasteiger partial charge in [0.25, 0.3) is 5.91 Å². The summed E-state index contributed by atoms with van der Waals surface area (Å²) in [5.41, 5.74) is 3.02. The highest BCUT2D eigenvalue weighted by Gasteiger charge is 2.18. The van der Waals surface area contributed by atoms with Crippen molar-refractivity contribution in [2.24, 2.45) is 0 Å². The minimum atomic E-state index is -0.486. The molecule has 1 N–H and O–H groups in total. The summed E-state index contributed by atoms with van der Waals surface area (Å²) in [7, 11) is 0. The zero-order valence-corrected chi connectivity index (χ0v) is 16.1. The van der Waals surface area contributed by atoms with Crippen molar-refractivity contribution in [1.82, 2.24) is 9.78 Å². The number of benzene rings is 2. The maximum atomic E-state index is 12.6. The largest absolute Gasteiger partial charge is 0.425 e. The third-order valence-corrected chi connectivity index (χ3v) is 4.99. The van der Waals surface area contributed by atoms with Gasteiger partial charge in [-0.2, -0.15) is 5.10 Å². The van der Waals surface area contributed by atoms with Crippen LogP contribution in [0.2, 0.25) is 0 Å². The first-order valence-corrected chi connectivity index (χ1v) is 9.42. The molecule has 3 aromatic heterocycles. The Labute approximate surface area is 170 Å². The Balaban J connectivity index is 1.39. The van der Waals surface area contributed by atoms with E-state index in [1.807, 2.05) is 31.2 Å². The number of amides is 1. The van der Waals surface area contributed by atoms with Crippen molar-refractivity contribution < 1.29 is 13.6 Å². The van der Waals surface area contributed by atoms with Gasteiger partial charge in [0.2, 0.25) is 5.43 Å². The number of aromatic nitrogens is 2. The molecule has 0 aliphatic carbocycles. The molecule has 7 heteroatoms. The number of hydrogen-bond acceptors (Lipinski definition) is 5. The normalized spacial score (nSPS) is 11.2. The van der Waals surface area contributed by atoms with Crippen LogP contribution in [0.25, 0.3) is 22.1 Å². The summed E-state index contributed by atoms with van der Waals surface area (Å²) in [4.78, 5) is 25.2. The van der Waals surface area contributed by atoms with E-state index < -0.39 is 5.91 Å². The molecule has 3 heterocycles. The molecular weight excluding hydrogens is 382 g/mol. The number of nitrogens with one attached hydrogen (secondary N) is 1. The summed E-state index contributed by atoms with van der Waals surface area (Å²) in [5.74, 6) is -0.466. The highest BCUT2D eigenvalue weighted by atomic mass is 16.5. The van der Waals surface area contributed by atoms with Crippen LogP contribution >= 0.6 is 0 Å². The van der Waals surface area contributed by atoms with Gasteiger partial charge in [0, 0.05) is 12.3 Å². The third-order valence-electron chi connectivity index (χ3n) is 4.99. The fraction of sp³-hybridized carbons (Fsp3) is 0.0870. The molecule has 0 atom stereocenters. The summed E-state index contributed by atoms with van der Waals surface area (Å²) >= 11 is 0. The van der Waals surface area contributed by atoms with Gasteiger partial charge in [-0.15, -0.1) is 0 Å². The molecule has 30 heavy (non-hydrogen) atoms. The minimum Gasteiger partial charge on any atom is -0.425 e. The molecular formula is C23H17N3O4. The maximum absolute atomic E-state index is 12.6. The average Bonchev–Trinajstić information content (AvgIpc) is 3.37. The van der Waals surface area contributed by atoms with E-state index >= 15 is 0 Å². The topological polar surface area (TPSA) is 90.3 Å². The Kier molecular flexibility index (Phi) is 4.21. The van der Waals surface area contributed by atoms with Crippen molar-refractivity contribution >= 4 is 33.7 Å². The van der Waals surface area contributed by atoms with E-state index in [4.69, 9.17) is 8.83 Å². The SMILES string of the molecule is Cc1ccccc1Cn1cc(NC(=O)c2cc3c(=O)c4ccccc4oc3o2)cn1. The van der Waals surface area contributed by atoms with Crippen LogP contribution in [-0.2, 0) is 6.54 Å². The maximum Gasteiger partial charge on any atom is 0.302 e. The Morgan fingerprint density at radius 3 is 2.73 bits per heavy atom. The number of aryl methyl sites for hydroxylation is 1. The molecule has 148 valence electrons. The fourth-order valence-corrected chi connectivity index (χ4v) is 3.38. The standard InChI is InChI=1S/C23H17N3O4/c1-14-6-2-3-7-15(14)12-26-13-16(11-24-26)25-22(28)20-10-18-21(27)17-8-4-5-9-19(17)29-23(18)30-20/h2-11,13H,12H2,1H3,(H,25,28). The number of fused-ring (bicyclic) bond motifs is 2. The Hall–Kier alpha value is -4.13. The van der Waals surface area contributed by atoms with Crippen LogP contribution < -0.4 is 10.7 Å². The first kappa shape index (κ1) is 17.9. The molecule has 0 spiro atoms. The van der Waals surface area contributed by atoms with Gasteiger partial charge in [0.05, 0.1) is 23.8 Å². The quantitative estimate of drug-likeness (QED) is 0.485. The van der Waals surface area contributed by atoms with Crippen LogP contribution in [0.3, 0.4) is 0 Å². The van der Waals surface area contributed by atoms with Gasteiger partial charge in [-0.3, -0.25) is 14.3 Å². The molecule has 0 saturated heterocycles. The summed E-state index contributed by atoms with van der Waals surface area (Å²) in [6.45, 7) is 2.64. The first-order valence-electron chi connectivity index (χ1n) is 9.42. The number of furan rings is 1. The van der Waals surface area contributed by atoms with Gasteiger partial charge in [0.15, 0.2) is 5.76 Å². The number of rotatable bonds is 4. The van der Waals surface area contributed by atoms with E-state index in [1.54, 1.807) is 41.3 Å². The predicted molar refractivity (Wildman–Crippen MR) is 113 cm³/mol. The molecule has 2 aromatic carbocycles. The lowest BCUT2D eigenvalue weighted by atomic mass is 10.1. The number of carbonyl (C=O) groups is 1. The summed E-state index contributed by atoms with van der Waals surface area (Å²) < 4.78 is 12.9. The van der Waals surface area contributed by atoms with Crippen molar-refractivity contribution in [3.63, 3.8) is 0 Å². The van der Waals surface area contributed by atoms with E-state index in [0.29, 0.717) is 23.2 Å². The van der Waals surface area contributed by atoms with Crippen LogP contribution in [0.4, 0.5) is 5.69 Å². The smallest absolute Gasteiger partial charge is 0.302 e. The lowest BCUT2D eigenvalue weighted by Gasteiger charge is -2.05. The molecule has 1 amide bonds. The van der Waals surface area contributed by atoms with Crippen LogP contribution in [-0.4, -0.2) is 15.7 Å². The molecule has 5 aromatic rings. The summed E-state index contributed by atoms with van der Waals surface area (Å²) in [6.07, 6.45) is 3.31. The zero-order valence-electron chi connectivity index (χ0n) is 16.1. The van der Waals surface area contributed by atoms with E-state index in [-0.39, 0.29) is 22.4 Å². The second-order valence-corrected chi connectivity index (χ2v) is 7.05. The Morgan fingerprint density at radius 1 is 1.07 bits per heavy atom. The number of anilines is 1. The molecule has 0 saturated carbocycles. The summed E-state index contributed by atoms with van der Waals surface area (Å²) in [5, 5.41) is 7.71. The molecule has 7 nitrogen and oxygen atoms in total. The van der Waals surface area contributed by atoms with Crippen molar-refractivity contribution in [3.05, 3.63) is 94.1 Å².